The van der Waals surface area contributed by atoms with Gasteiger partial charge in [0, 0.05) is 12.1 Å². The summed E-state index contributed by atoms with van der Waals surface area (Å²) >= 11 is 0. The average Bonchev–Trinajstić information content (AvgIpc) is 2.63. The van der Waals surface area contributed by atoms with Crippen molar-refractivity contribution in [2.75, 3.05) is 0 Å². The van der Waals surface area contributed by atoms with Crippen LogP contribution in [0.3, 0.4) is 0 Å². The van der Waals surface area contributed by atoms with E-state index in [1.54, 1.807) is 38.1 Å². The van der Waals surface area contributed by atoms with E-state index in [4.69, 9.17) is 14.0 Å². The average molecular weight is 408 g/mol. The molecule has 2 aromatic carbocycles. The molecule has 0 amide bonds. The monoisotopic (exact) mass is 408 g/mol. The fraction of sp³-hybridized carbons (Fsp3) is 0.278. The number of nitrogens with zero attached hydrogens (tertiary/aromatic N) is 1. The fourth-order valence-electron chi connectivity index (χ4n) is 2.08. The summed E-state index contributed by atoms with van der Waals surface area (Å²) in [6, 6.07) is 11.2. The van der Waals surface area contributed by atoms with Crippen LogP contribution in [0.1, 0.15) is 20.8 Å². The highest BCUT2D eigenvalue weighted by Crippen LogP contribution is 2.36. The summed E-state index contributed by atoms with van der Waals surface area (Å²) in [7, 11) is -2.82. The fourth-order valence-corrected chi connectivity index (χ4v) is 2.98. The SMILES string of the molecule is CC(C)OC(=O)C(C)N[P@@H](=O)Oc1ccccc1Oc1ccc([N+](=O)[O-])cc1. The van der Waals surface area contributed by atoms with Gasteiger partial charge in [0.2, 0.25) is 0 Å². The second-order valence-electron chi connectivity index (χ2n) is 6.04. The number of nitrogens with one attached hydrogen (secondary N) is 1. The molecule has 1 unspecified atom stereocenters. The first-order valence-corrected chi connectivity index (χ1v) is 9.78. The molecule has 2 rings (SSSR count). The van der Waals surface area contributed by atoms with Gasteiger partial charge in [-0.05, 0) is 45.0 Å². The number of para-hydroxylation sites is 2. The number of hydrogen-bond acceptors (Lipinski definition) is 7. The van der Waals surface area contributed by atoms with Crippen LogP contribution in [0.4, 0.5) is 5.69 Å². The van der Waals surface area contributed by atoms with E-state index in [-0.39, 0.29) is 23.3 Å². The summed E-state index contributed by atoms with van der Waals surface area (Å²) in [5, 5.41) is 13.3. The van der Waals surface area contributed by atoms with Crippen LogP contribution >= 0.6 is 8.18 Å². The largest absolute Gasteiger partial charge is 0.462 e. The lowest BCUT2D eigenvalue weighted by molar-refractivity contribution is -0.384. The van der Waals surface area contributed by atoms with E-state index in [9.17, 15) is 19.5 Å². The Labute approximate surface area is 162 Å². The second kappa shape index (κ2) is 9.87. The van der Waals surface area contributed by atoms with Crippen LogP contribution in [0.25, 0.3) is 0 Å². The molecule has 0 fully saturated rings. The lowest BCUT2D eigenvalue weighted by Crippen LogP contribution is -2.33. The van der Waals surface area contributed by atoms with Gasteiger partial charge in [0.25, 0.3) is 5.69 Å². The lowest BCUT2D eigenvalue weighted by Gasteiger charge is -2.16. The van der Waals surface area contributed by atoms with E-state index in [1.165, 1.54) is 31.2 Å². The molecule has 0 aliphatic rings. The number of ether oxygens (including phenoxy) is 2. The number of rotatable bonds is 9. The number of non-ortho nitro benzene ring substituents is 1. The molecule has 0 aliphatic heterocycles. The molecule has 0 saturated carbocycles. The Morgan fingerprint density at radius 1 is 1.07 bits per heavy atom. The number of carbonyl (C=O) groups is 1. The van der Waals surface area contributed by atoms with Gasteiger partial charge >= 0.3 is 14.1 Å². The van der Waals surface area contributed by atoms with E-state index in [0.29, 0.717) is 5.75 Å². The lowest BCUT2D eigenvalue weighted by atomic mass is 10.3. The Hall–Kier alpha value is -2.90. The molecule has 0 spiro atoms. The minimum absolute atomic E-state index is 0.0617. The Morgan fingerprint density at radius 3 is 2.25 bits per heavy atom. The molecule has 1 N–H and O–H groups in total. The normalized spacial score (nSPS) is 12.9. The first kappa shape index (κ1) is 21.4. The quantitative estimate of drug-likeness (QED) is 0.285. The van der Waals surface area contributed by atoms with Crippen molar-refractivity contribution in [3.05, 3.63) is 58.6 Å². The third-order valence-corrected chi connectivity index (χ3v) is 4.44. The first-order valence-electron chi connectivity index (χ1n) is 8.46. The Balaban J connectivity index is 2.04. The van der Waals surface area contributed by atoms with E-state index in [2.05, 4.69) is 5.09 Å². The highest BCUT2D eigenvalue weighted by molar-refractivity contribution is 7.37. The summed E-state index contributed by atoms with van der Waals surface area (Å²) < 4.78 is 28.4. The molecule has 0 aliphatic carbocycles. The molecule has 150 valence electrons. The molecular weight excluding hydrogens is 387 g/mol. The number of hydrogen-bond donors (Lipinski definition) is 1. The van der Waals surface area contributed by atoms with Crippen molar-refractivity contribution < 1.29 is 28.3 Å². The van der Waals surface area contributed by atoms with Crippen molar-refractivity contribution in [3.63, 3.8) is 0 Å². The molecule has 0 aromatic heterocycles. The van der Waals surface area contributed by atoms with Crippen LogP contribution < -0.4 is 14.3 Å². The first-order chi connectivity index (χ1) is 13.3. The maximum Gasteiger partial charge on any atom is 0.323 e. The van der Waals surface area contributed by atoms with E-state index < -0.39 is 25.1 Å². The van der Waals surface area contributed by atoms with Crippen molar-refractivity contribution in [1.82, 2.24) is 5.09 Å². The number of nitro groups is 1. The van der Waals surface area contributed by atoms with Crippen LogP contribution in [0, 0.1) is 10.1 Å². The summed E-state index contributed by atoms with van der Waals surface area (Å²) in [6.45, 7) is 4.96. The highest BCUT2D eigenvalue weighted by atomic mass is 31.1. The van der Waals surface area contributed by atoms with Gasteiger partial charge in [0.15, 0.2) is 11.5 Å². The summed E-state index contributed by atoms with van der Waals surface area (Å²) in [4.78, 5) is 22.0. The van der Waals surface area contributed by atoms with Crippen molar-refractivity contribution in [2.45, 2.75) is 32.9 Å². The number of esters is 1. The Bertz CT molecular complexity index is 855. The number of carbonyl (C=O) groups excluding carboxylic acids is 1. The second-order valence-corrected chi connectivity index (χ2v) is 7.11. The molecule has 9 nitrogen and oxygen atoms in total. The molecular formula is C18H21N2O7P. The molecule has 10 heteroatoms. The molecule has 2 atom stereocenters. The van der Waals surface area contributed by atoms with Crippen LogP contribution in [-0.4, -0.2) is 23.0 Å². The maximum absolute atomic E-state index is 12.3. The molecule has 0 bridgehead atoms. The Morgan fingerprint density at radius 2 is 1.68 bits per heavy atom. The van der Waals surface area contributed by atoms with Gasteiger partial charge in [0.1, 0.15) is 11.8 Å². The zero-order chi connectivity index (χ0) is 20.7. The van der Waals surface area contributed by atoms with E-state index in [1.807, 2.05) is 0 Å². The number of benzene rings is 2. The maximum atomic E-state index is 12.3. The zero-order valence-corrected chi connectivity index (χ0v) is 16.6. The van der Waals surface area contributed by atoms with Crippen LogP contribution in [0.15, 0.2) is 48.5 Å². The molecule has 2 aromatic rings. The standard InChI is InChI=1S/C18H21N2O7P/c1-12(2)25-18(21)13(3)19-28(24)27-17-7-5-4-6-16(17)26-15-10-8-14(9-11-15)20(22)23/h4-13,28H,1-3H3,(H,19,24). The smallest absolute Gasteiger partial charge is 0.323 e. The predicted octanol–water partition coefficient (Wildman–Crippen LogP) is 4.09. The summed E-state index contributed by atoms with van der Waals surface area (Å²) in [5.74, 6) is 0.283. The van der Waals surface area contributed by atoms with E-state index >= 15 is 0 Å². The summed E-state index contributed by atoms with van der Waals surface area (Å²) in [5.41, 5.74) is -0.0617. The number of nitro benzene ring substituents is 1. The van der Waals surface area contributed by atoms with Gasteiger partial charge in [-0.15, -0.1) is 0 Å². The van der Waals surface area contributed by atoms with Crippen molar-refractivity contribution in [2.24, 2.45) is 0 Å². The zero-order valence-electron chi connectivity index (χ0n) is 15.6. The van der Waals surface area contributed by atoms with Gasteiger partial charge in [-0.1, -0.05) is 12.1 Å². The molecule has 0 heterocycles. The predicted molar refractivity (Wildman–Crippen MR) is 103 cm³/mol. The van der Waals surface area contributed by atoms with Crippen LogP contribution in [0.2, 0.25) is 0 Å². The van der Waals surface area contributed by atoms with Crippen LogP contribution in [0.5, 0.6) is 17.2 Å². The topological polar surface area (TPSA) is 117 Å². The minimum Gasteiger partial charge on any atom is -0.462 e. The van der Waals surface area contributed by atoms with E-state index in [0.717, 1.165) is 0 Å². The van der Waals surface area contributed by atoms with Crippen LogP contribution in [-0.2, 0) is 14.1 Å². The molecule has 0 radical (unpaired) electrons. The molecule has 0 saturated heterocycles. The van der Waals surface area contributed by atoms with Gasteiger partial charge in [-0.25, -0.2) is 5.09 Å². The van der Waals surface area contributed by atoms with Gasteiger partial charge in [-0.2, -0.15) is 0 Å². The van der Waals surface area contributed by atoms with Gasteiger partial charge in [0.05, 0.1) is 11.0 Å². The molecule has 28 heavy (non-hydrogen) atoms. The van der Waals surface area contributed by atoms with Crippen molar-refractivity contribution in [1.29, 1.82) is 0 Å². The third-order valence-electron chi connectivity index (χ3n) is 3.37. The van der Waals surface area contributed by atoms with Crippen molar-refractivity contribution >= 4 is 19.8 Å². The Kier molecular flexibility index (Phi) is 7.54. The highest BCUT2D eigenvalue weighted by Gasteiger charge is 2.19. The minimum atomic E-state index is -2.82. The third kappa shape index (κ3) is 6.37. The van der Waals surface area contributed by atoms with Crippen molar-refractivity contribution in [3.8, 4) is 17.2 Å². The van der Waals surface area contributed by atoms with Gasteiger partial charge in [-0.3, -0.25) is 19.5 Å². The van der Waals surface area contributed by atoms with Gasteiger partial charge < -0.3 is 14.0 Å². The summed E-state index contributed by atoms with van der Waals surface area (Å²) in [6.07, 6.45) is -0.282.